The van der Waals surface area contributed by atoms with Gasteiger partial charge >= 0.3 is 0 Å². The smallest absolute Gasteiger partial charge is 0.223 e. The number of amides is 1. The van der Waals surface area contributed by atoms with Crippen LogP contribution in [0.2, 0.25) is 5.02 Å². The molecule has 2 heterocycles. The lowest BCUT2D eigenvalue weighted by atomic mass is 9.95. The van der Waals surface area contributed by atoms with Gasteiger partial charge in [-0.2, -0.15) is 0 Å². The maximum atomic E-state index is 12.5. The van der Waals surface area contributed by atoms with Crippen molar-refractivity contribution in [1.29, 1.82) is 0 Å². The molecule has 3 aromatic rings. The van der Waals surface area contributed by atoms with Crippen LogP contribution in [0, 0.1) is 5.92 Å². The van der Waals surface area contributed by atoms with E-state index in [9.17, 15) is 4.79 Å². The number of halogens is 1. The van der Waals surface area contributed by atoms with Crippen LogP contribution in [0.1, 0.15) is 18.4 Å². The molecular weight excluding hydrogens is 384 g/mol. The summed E-state index contributed by atoms with van der Waals surface area (Å²) in [7, 11) is 0. The van der Waals surface area contributed by atoms with E-state index in [2.05, 4.69) is 20.2 Å². The van der Waals surface area contributed by atoms with E-state index in [1.165, 1.54) is 0 Å². The maximum absolute atomic E-state index is 12.5. The Labute approximate surface area is 175 Å². The second-order valence-corrected chi connectivity index (χ2v) is 7.67. The van der Waals surface area contributed by atoms with Gasteiger partial charge in [0.25, 0.3) is 0 Å². The van der Waals surface area contributed by atoms with Crippen molar-refractivity contribution in [2.45, 2.75) is 19.4 Å². The molecule has 1 aromatic heterocycles. The Balaban J connectivity index is 1.32. The Bertz CT molecular complexity index is 954. The van der Waals surface area contributed by atoms with E-state index < -0.39 is 0 Å². The highest BCUT2D eigenvalue weighted by atomic mass is 35.5. The molecule has 1 aliphatic rings. The lowest BCUT2D eigenvalue weighted by molar-refractivity contribution is -0.125. The number of benzene rings is 2. The molecule has 1 saturated heterocycles. The summed E-state index contributed by atoms with van der Waals surface area (Å²) in [6.07, 6.45) is 3.25. The summed E-state index contributed by atoms with van der Waals surface area (Å²) in [6, 6.07) is 19.7. The lowest BCUT2D eigenvalue weighted by Gasteiger charge is -2.32. The topological polar surface area (TPSA) is 58.1 Å². The molecule has 2 aromatic carbocycles. The lowest BCUT2D eigenvalue weighted by Crippen LogP contribution is -2.40. The van der Waals surface area contributed by atoms with Gasteiger partial charge < -0.3 is 10.2 Å². The third-order valence-corrected chi connectivity index (χ3v) is 5.54. The minimum absolute atomic E-state index is 0.0361. The van der Waals surface area contributed by atoms with E-state index >= 15 is 0 Å². The molecule has 148 valence electrons. The predicted octanol–water partition coefficient (Wildman–Crippen LogP) is 4.33. The van der Waals surface area contributed by atoms with Gasteiger partial charge in [-0.15, -0.1) is 0 Å². The van der Waals surface area contributed by atoms with Gasteiger partial charge in [0, 0.05) is 42.2 Å². The van der Waals surface area contributed by atoms with Crippen LogP contribution in [0.5, 0.6) is 0 Å². The van der Waals surface area contributed by atoms with E-state index in [1.807, 2.05) is 60.7 Å². The fourth-order valence-corrected chi connectivity index (χ4v) is 3.72. The van der Waals surface area contributed by atoms with E-state index in [1.54, 1.807) is 6.33 Å². The van der Waals surface area contributed by atoms with Crippen LogP contribution >= 0.6 is 11.6 Å². The number of piperidine rings is 1. The quantitative estimate of drug-likeness (QED) is 0.685. The van der Waals surface area contributed by atoms with E-state index in [0.717, 1.165) is 48.6 Å². The van der Waals surface area contributed by atoms with E-state index in [4.69, 9.17) is 11.6 Å². The van der Waals surface area contributed by atoms with Crippen LogP contribution in [-0.2, 0) is 11.3 Å². The Morgan fingerprint density at radius 3 is 2.48 bits per heavy atom. The number of hydrogen-bond donors (Lipinski definition) is 1. The second-order valence-electron chi connectivity index (χ2n) is 7.23. The van der Waals surface area contributed by atoms with Crippen molar-refractivity contribution in [3.05, 3.63) is 77.6 Å². The Hall–Kier alpha value is -2.92. The number of anilines is 1. The zero-order valence-electron chi connectivity index (χ0n) is 16.1. The van der Waals surface area contributed by atoms with Gasteiger partial charge in [-0.05, 0) is 30.5 Å². The third kappa shape index (κ3) is 4.93. The normalized spacial score (nSPS) is 14.6. The summed E-state index contributed by atoms with van der Waals surface area (Å²) in [6.45, 7) is 2.15. The molecule has 29 heavy (non-hydrogen) atoms. The number of aromatic nitrogens is 2. The van der Waals surface area contributed by atoms with Crippen LogP contribution in [-0.4, -0.2) is 29.0 Å². The molecule has 4 rings (SSSR count). The highest BCUT2D eigenvalue weighted by Gasteiger charge is 2.25. The first-order valence-electron chi connectivity index (χ1n) is 9.83. The number of hydrogen-bond acceptors (Lipinski definition) is 4. The molecule has 0 saturated carbocycles. The van der Waals surface area contributed by atoms with E-state index in [0.29, 0.717) is 11.6 Å². The number of carbonyl (C=O) groups excluding carboxylic acids is 1. The van der Waals surface area contributed by atoms with Crippen molar-refractivity contribution in [2.24, 2.45) is 5.92 Å². The van der Waals surface area contributed by atoms with Crippen molar-refractivity contribution in [1.82, 2.24) is 15.3 Å². The van der Waals surface area contributed by atoms with Gasteiger partial charge in [-0.3, -0.25) is 4.79 Å². The number of rotatable bonds is 5. The Kier molecular flexibility index (Phi) is 6.06. The summed E-state index contributed by atoms with van der Waals surface area (Å²) in [5, 5.41) is 3.75. The molecule has 0 radical (unpaired) electrons. The SMILES string of the molecule is O=C(NCc1ccc(Cl)cc1)C1CCN(c2cc(-c3ccccc3)ncn2)CC1. The van der Waals surface area contributed by atoms with Crippen LogP contribution < -0.4 is 10.2 Å². The summed E-state index contributed by atoms with van der Waals surface area (Å²) >= 11 is 5.90. The fourth-order valence-electron chi connectivity index (χ4n) is 3.59. The molecule has 0 spiro atoms. The van der Waals surface area contributed by atoms with Crippen molar-refractivity contribution >= 4 is 23.3 Å². The average Bonchev–Trinajstić information content (AvgIpc) is 2.79. The number of nitrogens with one attached hydrogen (secondary N) is 1. The number of carbonyl (C=O) groups is 1. The van der Waals surface area contributed by atoms with Gasteiger partial charge in [-0.25, -0.2) is 9.97 Å². The standard InChI is InChI=1S/C23H23ClN4O/c24-20-8-6-17(7-9-20)15-25-23(29)19-10-12-28(13-11-19)22-14-21(26-16-27-22)18-4-2-1-3-5-18/h1-9,14,16,19H,10-13,15H2,(H,25,29). The molecule has 0 aliphatic carbocycles. The molecule has 5 nitrogen and oxygen atoms in total. The van der Waals surface area contributed by atoms with Crippen LogP contribution in [0.3, 0.4) is 0 Å². The largest absolute Gasteiger partial charge is 0.356 e. The molecule has 0 unspecified atom stereocenters. The van der Waals surface area contributed by atoms with Gasteiger partial charge in [0.2, 0.25) is 5.91 Å². The van der Waals surface area contributed by atoms with Gasteiger partial charge in [0.15, 0.2) is 0 Å². The average molecular weight is 407 g/mol. The molecule has 1 N–H and O–H groups in total. The Morgan fingerprint density at radius 2 is 1.76 bits per heavy atom. The number of nitrogens with zero attached hydrogens (tertiary/aromatic N) is 3. The highest BCUT2D eigenvalue weighted by Crippen LogP contribution is 2.25. The first kappa shape index (κ1) is 19.4. The monoisotopic (exact) mass is 406 g/mol. The van der Waals surface area contributed by atoms with Crippen LogP contribution in [0.25, 0.3) is 11.3 Å². The van der Waals surface area contributed by atoms with Crippen molar-refractivity contribution in [2.75, 3.05) is 18.0 Å². The first-order valence-corrected chi connectivity index (χ1v) is 10.2. The zero-order chi connectivity index (χ0) is 20.1. The maximum Gasteiger partial charge on any atom is 0.223 e. The summed E-state index contributed by atoms with van der Waals surface area (Å²) in [5.74, 6) is 1.07. The van der Waals surface area contributed by atoms with Crippen molar-refractivity contribution in [3.63, 3.8) is 0 Å². The van der Waals surface area contributed by atoms with Crippen molar-refractivity contribution < 1.29 is 4.79 Å². The second kappa shape index (κ2) is 9.05. The van der Waals surface area contributed by atoms with E-state index in [-0.39, 0.29) is 11.8 Å². The minimum atomic E-state index is 0.0361. The molecule has 0 atom stereocenters. The van der Waals surface area contributed by atoms with Gasteiger partial charge in [0.1, 0.15) is 12.1 Å². The molecular formula is C23H23ClN4O. The highest BCUT2D eigenvalue weighted by molar-refractivity contribution is 6.30. The molecule has 6 heteroatoms. The zero-order valence-corrected chi connectivity index (χ0v) is 16.8. The van der Waals surface area contributed by atoms with Crippen LogP contribution in [0.15, 0.2) is 67.0 Å². The van der Waals surface area contributed by atoms with Gasteiger partial charge in [-0.1, -0.05) is 54.1 Å². The third-order valence-electron chi connectivity index (χ3n) is 5.29. The van der Waals surface area contributed by atoms with Gasteiger partial charge in [0.05, 0.1) is 5.69 Å². The first-order chi connectivity index (χ1) is 14.2. The van der Waals surface area contributed by atoms with Crippen molar-refractivity contribution in [3.8, 4) is 11.3 Å². The molecule has 0 bridgehead atoms. The fraction of sp³-hybridized carbons (Fsp3) is 0.261. The summed E-state index contributed by atoms with van der Waals surface area (Å²) in [4.78, 5) is 23.6. The Morgan fingerprint density at radius 1 is 1.03 bits per heavy atom. The molecule has 1 fully saturated rings. The molecule has 1 aliphatic heterocycles. The minimum Gasteiger partial charge on any atom is -0.356 e. The van der Waals surface area contributed by atoms with Crippen LogP contribution in [0.4, 0.5) is 5.82 Å². The summed E-state index contributed by atoms with van der Waals surface area (Å²) < 4.78 is 0. The predicted molar refractivity (Wildman–Crippen MR) is 116 cm³/mol. The summed E-state index contributed by atoms with van der Waals surface area (Å²) in [5.41, 5.74) is 3.04. The molecule has 1 amide bonds.